The molecule has 0 bridgehead atoms. The Balaban J connectivity index is 2.39. The maximum atomic E-state index is 12.5. The van der Waals surface area contributed by atoms with E-state index in [-0.39, 0.29) is 11.7 Å². The van der Waals surface area contributed by atoms with Crippen molar-refractivity contribution in [3.05, 3.63) is 30.0 Å². The quantitative estimate of drug-likeness (QED) is 0.340. The van der Waals surface area contributed by atoms with Gasteiger partial charge in [-0.05, 0) is 19.4 Å². The molecule has 2 aromatic rings. The van der Waals surface area contributed by atoms with E-state index >= 15 is 0 Å². The second-order valence-electron chi connectivity index (χ2n) is 5.11. The summed E-state index contributed by atoms with van der Waals surface area (Å²) in [4.78, 5) is 12.5. The summed E-state index contributed by atoms with van der Waals surface area (Å²) >= 11 is 0. The van der Waals surface area contributed by atoms with Crippen LogP contribution in [0.15, 0.2) is 29.4 Å². The number of aromatic nitrogens is 2. The average molecular weight is 289 g/mol. The van der Waals surface area contributed by atoms with Crippen LogP contribution in [-0.4, -0.2) is 32.3 Å². The summed E-state index contributed by atoms with van der Waals surface area (Å²) in [5, 5.41) is 19.7. The summed E-state index contributed by atoms with van der Waals surface area (Å²) in [6.07, 6.45) is 0.486. The molecule has 0 spiro atoms. The van der Waals surface area contributed by atoms with Gasteiger partial charge in [0, 0.05) is 12.4 Å². The fraction of sp³-hybridized carbons (Fsp3) is 0.357. The van der Waals surface area contributed by atoms with Crippen molar-refractivity contribution in [3.63, 3.8) is 0 Å². The van der Waals surface area contributed by atoms with Crippen LogP contribution in [0.25, 0.3) is 10.9 Å². The standard InChI is InChI=1S/C14H19N5O2/c1-4-14(2,13(15)18-21)16-12(20)11-9-7-5-6-8-10(9)19(3)17-11/h5-8,21H,4H2,1-3H3,(H2,15,18)(H,16,20). The summed E-state index contributed by atoms with van der Waals surface area (Å²) < 4.78 is 1.65. The number of oxime groups is 1. The molecule has 2 rings (SSSR count). The number of benzene rings is 1. The second-order valence-corrected chi connectivity index (χ2v) is 5.11. The molecule has 7 nitrogen and oxygen atoms in total. The van der Waals surface area contributed by atoms with E-state index in [0.717, 1.165) is 10.9 Å². The summed E-state index contributed by atoms with van der Waals surface area (Å²) in [6.45, 7) is 3.54. The molecule has 1 atom stereocenters. The smallest absolute Gasteiger partial charge is 0.273 e. The zero-order valence-electron chi connectivity index (χ0n) is 12.3. The fourth-order valence-corrected chi connectivity index (χ4v) is 2.14. The van der Waals surface area contributed by atoms with E-state index in [1.54, 1.807) is 18.7 Å². The van der Waals surface area contributed by atoms with E-state index in [1.165, 1.54) is 0 Å². The Kier molecular flexibility index (Phi) is 3.84. The molecule has 0 aliphatic rings. The predicted molar refractivity (Wildman–Crippen MR) is 80.3 cm³/mol. The largest absolute Gasteiger partial charge is 0.409 e. The van der Waals surface area contributed by atoms with Gasteiger partial charge in [-0.1, -0.05) is 30.3 Å². The molecule has 0 fully saturated rings. The van der Waals surface area contributed by atoms with Crippen molar-refractivity contribution in [2.75, 3.05) is 0 Å². The van der Waals surface area contributed by atoms with Crippen LogP contribution in [0.2, 0.25) is 0 Å². The molecule has 7 heteroatoms. The average Bonchev–Trinajstić information content (AvgIpc) is 2.84. The van der Waals surface area contributed by atoms with Crippen LogP contribution in [-0.2, 0) is 7.05 Å². The van der Waals surface area contributed by atoms with E-state index in [9.17, 15) is 4.79 Å². The summed E-state index contributed by atoms with van der Waals surface area (Å²) in [5.74, 6) is -0.402. The highest BCUT2D eigenvalue weighted by Crippen LogP contribution is 2.19. The van der Waals surface area contributed by atoms with Gasteiger partial charge in [-0.2, -0.15) is 5.10 Å². The second kappa shape index (κ2) is 5.43. The summed E-state index contributed by atoms with van der Waals surface area (Å²) in [6, 6.07) is 7.47. The number of rotatable bonds is 4. The van der Waals surface area contributed by atoms with Crippen LogP contribution in [0, 0.1) is 0 Å². The Morgan fingerprint density at radius 1 is 1.52 bits per heavy atom. The van der Waals surface area contributed by atoms with E-state index in [2.05, 4.69) is 15.6 Å². The van der Waals surface area contributed by atoms with Crippen molar-refractivity contribution in [1.82, 2.24) is 15.1 Å². The third kappa shape index (κ3) is 2.54. The predicted octanol–water partition coefficient (Wildman–Crippen LogP) is 1.22. The third-order valence-corrected chi connectivity index (χ3v) is 3.74. The van der Waals surface area contributed by atoms with Crippen molar-refractivity contribution in [2.45, 2.75) is 25.8 Å². The van der Waals surface area contributed by atoms with Gasteiger partial charge in [0.05, 0.1) is 11.1 Å². The van der Waals surface area contributed by atoms with Crippen LogP contribution in [0.4, 0.5) is 0 Å². The van der Waals surface area contributed by atoms with E-state index in [1.807, 2.05) is 31.2 Å². The number of aryl methyl sites for hydroxylation is 1. The normalized spacial score (nSPS) is 14.9. The minimum Gasteiger partial charge on any atom is -0.409 e. The number of hydrogen-bond acceptors (Lipinski definition) is 4. The first-order chi connectivity index (χ1) is 9.92. The number of fused-ring (bicyclic) bond motifs is 1. The molecule has 4 N–H and O–H groups in total. The zero-order valence-corrected chi connectivity index (χ0v) is 12.3. The Morgan fingerprint density at radius 3 is 2.81 bits per heavy atom. The molecule has 0 aliphatic heterocycles. The molecule has 0 aliphatic carbocycles. The SMILES string of the molecule is CCC(C)(NC(=O)c1nn(C)c2ccccc12)/C(N)=N/O. The van der Waals surface area contributed by atoms with E-state index < -0.39 is 5.54 Å². The van der Waals surface area contributed by atoms with Gasteiger partial charge in [0.25, 0.3) is 5.91 Å². The number of amides is 1. The van der Waals surface area contributed by atoms with Crippen LogP contribution in [0.1, 0.15) is 30.8 Å². The number of nitrogens with one attached hydrogen (secondary N) is 1. The van der Waals surface area contributed by atoms with Gasteiger partial charge in [0.2, 0.25) is 0 Å². The Hall–Kier alpha value is -2.57. The number of para-hydroxylation sites is 1. The lowest BCUT2D eigenvalue weighted by atomic mass is 9.97. The maximum Gasteiger partial charge on any atom is 0.273 e. The molecule has 0 radical (unpaired) electrons. The molecule has 1 aromatic heterocycles. The first-order valence-corrected chi connectivity index (χ1v) is 6.65. The van der Waals surface area contributed by atoms with E-state index in [0.29, 0.717) is 12.1 Å². The van der Waals surface area contributed by atoms with Gasteiger partial charge >= 0.3 is 0 Å². The fourth-order valence-electron chi connectivity index (χ4n) is 2.14. The number of carbonyl (C=O) groups is 1. The molecule has 1 unspecified atom stereocenters. The van der Waals surface area contributed by atoms with E-state index in [4.69, 9.17) is 10.9 Å². The van der Waals surface area contributed by atoms with Crippen LogP contribution < -0.4 is 11.1 Å². The zero-order chi connectivity index (χ0) is 15.6. The number of amidine groups is 1. The number of nitrogens with zero attached hydrogens (tertiary/aromatic N) is 3. The molecule has 1 heterocycles. The molecule has 1 amide bonds. The van der Waals surface area contributed by atoms with Crippen molar-refractivity contribution >= 4 is 22.6 Å². The Morgan fingerprint density at radius 2 is 2.19 bits per heavy atom. The minimum absolute atomic E-state index is 0.0430. The van der Waals surface area contributed by atoms with Gasteiger partial charge in [0.1, 0.15) is 0 Å². The molecule has 1 aromatic carbocycles. The highest BCUT2D eigenvalue weighted by molar-refractivity contribution is 6.07. The number of carbonyl (C=O) groups excluding carboxylic acids is 1. The topological polar surface area (TPSA) is 106 Å². The van der Waals surface area contributed by atoms with Crippen molar-refractivity contribution in [3.8, 4) is 0 Å². The molecule has 21 heavy (non-hydrogen) atoms. The lowest BCUT2D eigenvalue weighted by Crippen LogP contribution is -2.55. The first-order valence-electron chi connectivity index (χ1n) is 6.65. The van der Waals surface area contributed by atoms with Gasteiger partial charge < -0.3 is 16.3 Å². The van der Waals surface area contributed by atoms with Crippen molar-refractivity contribution in [2.24, 2.45) is 17.9 Å². The minimum atomic E-state index is -0.926. The molecule has 0 saturated carbocycles. The highest BCUT2D eigenvalue weighted by Gasteiger charge is 2.31. The van der Waals surface area contributed by atoms with Gasteiger partial charge in [-0.15, -0.1) is 0 Å². The maximum absolute atomic E-state index is 12.5. The molecular weight excluding hydrogens is 270 g/mol. The highest BCUT2D eigenvalue weighted by atomic mass is 16.4. The third-order valence-electron chi connectivity index (χ3n) is 3.74. The lowest BCUT2D eigenvalue weighted by molar-refractivity contribution is 0.0920. The number of hydrogen-bond donors (Lipinski definition) is 3. The Labute approximate surface area is 122 Å². The van der Waals surface area contributed by atoms with Crippen molar-refractivity contribution in [1.29, 1.82) is 0 Å². The monoisotopic (exact) mass is 289 g/mol. The van der Waals surface area contributed by atoms with Crippen LogP contribution in [0.3, 0.4) is 0 Å². The molecule has 112 valence electrons. The van der Waals surface area contributed by atoms with Gasteiger partial charge in [0.15, 0.2) is 11.5 Å². The van der Waals surface area contributed by atoms with Gasteiger partial charge in [-0.3, -0.25) is 9.48 Å². The van der Waals surface area contributed by atoms with Gasteiger partial charge in [-0.25, -0.2) is 0 Å². The van der Waals surface area contributed by atoms with Crippen LogP contribution in [0.5, 0.6) is 0 Å². The summed E-state index contributed by atoms with van der Waals surface area (Å²) in [7, 11) is 1.78. The lowest BCUT2D eigenvalue weighted by Gasteiger charge is -2.27. The Bertz CT molecular complexity index is 706. The first kappa shape index (κ1) is 14.8. The van der Waals surface area contributed by atoms with Crippen molar-refractivity contribution < 1.29 is 10.0 Å². The summed E-state index contributed by atoms with van der Waals surface area (Å²) in [5.41, 5.74) is 5.92. The number of nitrogens with two attached hydrogens (primary N) is 1. The van der Waals surface area contributed by atoms with Crippen LogP contribution >= 0.6 is 0 Å². The molecular formula is C14H19N5O2. The molecule has 0 saturated heterocycles.